The van der Waals surface area contributed by atoms with Gasteiger partial charge in [0.15, 0.2) is 0 Å². The second-order valence-electron chi connectivity index (χ2n) is 7.63. The number of ether oxygens (including phenoxy) is 1. The average Bonchev–Trinajstić information content (AvgIpc) is 3.65. The maximum atomic E-state index is 13.4. The monoisotopic (exact) mass is 490 g/mol. The summed E-state index contributed by atoms with van der Waals surface area (Å²) in [5.41, 5.74) is 2.92. The van der Waals surface area contributed by atoms with Gasteiger partial charge in [-0.05, 0) is 45.1 Å². The number of hydrogen-bond donors (Lipinski definition) is 0. The number of benzene rings is 2. The molecule has 0 aliphatic carbocycles. The quantitative estimate of drug-likeness (QED) is 0.343. The van der Waals surface area contributed by atoms with Crippen molar-refractivity contribution in [1.82, 2.24) is 25.2 Å². The first kappa shape index (κ1) is 22.3. The van der Waals surface area contributed by atoms with E-state index in [1.807, 2.05) is 72.1 Å². The summed E-state index contributed by atoms with van der Waals surface area (Å²) in [6.07, 6.45) is 0.642. The van der Waals surface area contributed by atoms with E-state index in [1.165, 1.54) is 11.8 Å². The van der Waals surface area contributed by atoms with Gasteiger partial charge in [-0.25, -0.2) is 9.69 Å². The highest BCUT2D eigenvalue weighted by molar-refractivity contribution is 7.99. The highest BCUT2D eigenvalue weighted by atomic mass is 32.2. The van der Waals surface area contributed by atoms with Crippen LogP contribution in [0.2, 0.25) is 0 Å². The third-order valence-corrected chi connectivity index (χ3v) is 7.29. The smallest absolute Gasteiger partial charge is 0.253 e. The zero-order valence-corrected chi connectivity index (χ0v) is 20.1. The zero-order chi connectivity index (χ0) is 23.3. The molecule has 1 amide bonds. The van der Waals surface area contributed by atoms with Crippen LogP contribution in [0.1, 0.15) is 28.5 Å². The molecule has 4 aromatic rings. The number of rotatable bonds is 8. The molecule has 3 heterocycles. The third kappa shape index (κ3) is 4.87. The molecule has 2 aromatic heterocycles. The van der Waals surface area contributed by atoms with Crippen molar-refractivity contribution in [3.8, 4) is 5.75 Å². The molecule has 5 rings (SSSR count). The summed E-state index contributed by atoms with van der Waals surface area (Å²) in [7, 11) is 1.64. The van der Waals surface area contributed by atoms with Gasteiger partial charge in [-0.1, -0.05) is 60.3 Å². The Balaban J connectivity index is 1.34. The standard InChI is InChI=1S/C24H22N6O2S2/c1-32-19-11-9-18(10-12-19)22-14-21(17-6-3-2-4-7-17)26-30(22)23(31)16-34-24-25-27-28-29(24)15-20-8-5-13-33-20/h2-13,22H,14-16H2,1H3/t22-/m0/s1. The number of amides is 1. The Hall–Kier alpha value is -3.50. The van der Waals surface area contributed by atoms with Gasteiger partial charge < -0.3 is 4.74 Å². The normalized spacial score (nSPS) is 15.4. The topological polar surface area (TPSA) is 85.5 Å². The molecule has 0 saturated carbocycles. The second kappa shape index (κ2) is 10.2. The molecule has 0 unspecified atom stereocenters. The van der Waals surface area contributed by atoms with Gasteiger partial charge in [0.1, 0.15) is 5.75 Å². The lowest BCUT2D eigenvalue weighted by Crippen LogP contribution is -2.28. The van der Waals surface area contributed by atoms with Crippen molar-refractivity contribution < 1.29 is 9.53 Å². The molecule has 0 fully saturated rings. The largest absolute Gasteiger partial charge is 0.497 e. The predicted octanol–water partition coefficient (Wildman–Crippen LogP) is 4.26. The van der Waals surface area contributed by atoms with E-state index in [1.54, 1.807) is 28.1 Å². The molecule has 1 aliphatic rings. The van der Waals surface area contributed by atoms with Crippen molar-refractivity contribution in [2.45, 2.75) is 24.2 Å². The van der Waals surface area contributed by atoms with Crippen LogP contribution in [0.25, 0.3) is 0 Å². The number of aromatic nitrogens is 4. The van der Waals surface area contributed by atoms with Gasteiger partial charge in [-0.3, -0.25) is 4.79 Å². The Kier molecular flexibility index (Phi) is 6.68. The first-order valence-corrected chi connectivity index (χ1v) is 12.6. The average molecular weight is 491 g/mol. The molecule has 0 bridgehead atoms. The number of carbonyl (C=O) groups excluding carboxylic acids is 1. The number of tetrazole rings is 1. The van der Waals surface area contributed by atoms with Gasteiger partial charge in [-0.2, -0.15) is 5.10 Å². The number of carbonyl (C=O) groups is 1. The van der Waals surface area contributed by atoms with Gasteiger partial charge in [0.25, 0.3) is 5.91 Å². The highest BCUT2D eigenvalue weighted by Crippen LogP contribution is 2.34. The summed E-state index contributed by atoms with van der Waals surface area (Å²) in [6, 6.07) is 21.6. The summed E-state index contributed by atoms with van der Waals surface area (Å²) in [5.74, 6) is 0.864. The van der Waals surface area contributed by atoms with E-state index < -0.39 is 0 Å². The fraction of sp³-hybridized carbons (Fsp3) is 0.208. The van der Waals surface area contributed by atoms with E-state index >= 15 is 0 Å². The van der Waals surface area contributed by atoms with E-state index in [9.17, 15) is 4.79 Å². The van der Waals surface area contributed by atoms with Gasteiger partial charge >= 0.3 is 0 Å². The first-order chi connectivity index (χ1) is 16.7. The van der Waals surface area contributed by atoms with Gasteiger partial charge in [0.2, 0.25) is 5.16 Å². The summed E-state index contributed by atoms with van der Waals surface area (Å²) in [6.45, 7) is 0.579. The van der Waals surface area contributed by atoms with Crippen molar-refractivity contribution in [2.75, 3.05) is 12.9 Å². The summed E-state index contributed by atoms with van der Waals surface area (Å²) in [5, 5.41) is 20.9. The van der Waals surface area contributed by atoms with Crippen LogP contribution in [0.5, 0.6) is 5.75 Å². The lowest BCUT2D eigenvalue weighted by molar-refractivity contribution is -0.130. The number of hydrazone groups is 1. The van der Waals surface area contributed by atoms with E-state index in [2.05, 4.69) is 15.5 Å². The molecular formula is C24H22N6O2S2. The van der Waals surface area contributed by atoms with Crippen LogP contribution < -0.4 is 4.74 Å². The fourth-order valence-corrected chi connectivity index (χ4v) is 5.19. The van der Waals surface area contributed by atoms with Crippen LogP contribution in [0.15, 0.2) is 82.4 Å². The van der Waals surface area contributed by atoms with Crippen LogP contribution in [0.4, 0.5) is 0 Å². The van der Waals surface area contributed by atoms with Gasteiger partial charge in [0.05, 0.1) is 31.2 Å². The number of thiophene rings is 1. The van der Waals surface area contributed by atoms with Crippen LogP contribution >= 0.6 is 23.1 Å². The molecular weight excluding hydrogens is 468 g/mol. The van der Waals surface area contributed by atoms with E-state index in [4.69, 9.17) is 9.84 Å². The SMILES string of the molecule is COc1ccc([C@@H]2CC(c3ccccc3)=NN2C(=O)CSc2nnnn2Cc2cccs2)cc1. The first-order valence-electron chi connectivity index (χ1n) is 10.7. The molecule has 1 atom stereocenters. The number of nitrogens with zero attached hydrogens (tertiary/aromatic N) is 6. The Bertz CT molecular complexity index is 1270. The zero-order valence-electron chi connectivity index (χ0n) is 18.4. The Morgan fingerprint density at radius 1 is 1.12 bits per heavy atom. The molecule has 1 aliphatic heterocycles. The van der Waals surface area contributed by atoms with Crippen molar-refractivity contribution in [3.63, 3.8) is 0 Å². The van der Waals surface area contributed by atoms with E-state index in [-0.39, 0.29) is 17.7 Å². The molecule has 8 nitrogen and oxygen atoms in total. The molecule has 2 aromatic carbocycles. The van der Waals surface area contributed by atoms with E-state index in [0.29, 0.717) is 18.1 Å². The van der Waals surface area contributed by atoms with Gasteiger partial charge in [0, 0.05) is 11.3 Å². The number of hydrogen-bond acceptors (Lipinski definition) is 8. The Morgan fingerprint density at radius 3 is 2.68 bits per heavy atom. The van der Waals surface area contributed by atoms with E-state index in [0.717, 1.165) is 27.5 Å². The maximum absolute atomic E-state index is 13.4. The van der Waals surface area contributed by atoms with Crippen LogP contribution in [0.3, 0.4) is 0 Å². The van der Waals surface area contributed by atoms with Crippen molar-refractivity contribution in [2.24, 2.45) is 5.10 Å². The fourth-order valence-electron chi connectivity index (χ4n) is 3.77. The lowest BCUT2D eigenvalue weighted by atomic mass is 9.98. The van der Waals surface area contributed by atoms with Crippen molar-refractivity contribution in [1.29, 1.82) is 0 Å². The van der Waals surface area contributed by atoms with Crippen molar-refractivity contribution in [3.05, 3.63) is 88.1 Å². The van der Waals surface area contributed by atoms with Gasteiger partial charge in [-0.15, -0.1) is 16.4 Å². The lowest BCUT2D eigenvalue weighted by Gasteiger charge is -2.22. The number of thioether (sulfide) groups is 1. The number of methoxy groups -OCH3 is 1. The molecule has 34 heavy (non-hydrogen) atoms. The molecule has 0 spiro atoms. The summed E-state index contributed by atoms with van der Waals surface area (Å²) >= 11 is 2.97. The molecule has 10 heteroatoms. The molecule has 172 valence electrons. The second-order valence-corrected chi connectivity index (χ2v) is 9.61. The summed E-state index contributed by atoms with van der Waals surface area (Å²) < 4.78 is 7.01. The Morgan fingerprint density at radius 2 is 1.94 bits per heavy atom. The molecule has 0 N–H and O–H groups in total. The van der Waals surface area contributed by atoms with Crippen LogP contribution in [0, 0.1) is 0 Å². The van der Waals surface area contributed by atoms with Crippen molar-refractivity contribution >= 4 is 34.7 Å². The minimum Gasteiger partial charge on any atom is -0.497 e. The van der Waals surface area contributed by atoms with Crippen LogP contribution in [-0.4, -0.2) is 49.7 Å². The predicted molar refractivity (Wildman–Crippen MR) is 132 cm³/mol. The van der Waals surface area contributed by atoms with Crippen LogP contribution in [-0.2, 0) is 11.3 Å². The third-order valence-electron chi connectivity index (χ3n) is 5.48. The minimum absolute atomic E-state index is 0.0950. The highest BCUT2D eigenvalue weighted by Gasteiger charge is 2.33. The molecule has 0 saturated heterocycles. The maximum Gasteiger partial charge on any atom is 0.253 e. The summed E-state index contributed by atoms with van der Waals surface area (Å²) in [4.78, 5) is 14.5. The molecule has 0 radical (unpaired) electrons. The minimum atomic E-state index is -0.184. The Labute approximate surface area is 205 Å².